The molecule has 0 radical (unpaired) electrons. The molecule has 1 aromatic carbocycles. The van der Waals surface area contributed by atoms with Crippen LogP contribution in [0.3, 0.4) is 0 Å². The van der Waals surface area contributed by atoms with E-state index in [9.17, 15) is 15.0 Å². The summed E-state index contributed by atoms with van der Waals surface area (Å²) in [7, 11) is -5.56. The normalized spacial score (nSPS) is 31.7. The first-order valence-corrected chi connectivity index (χ1v) is 8.43. The third-order valence-corrected chi connectivity index (χ3v) is 5.45. The number of aliphatic hydroxyl groups is 1. The van der Waals surface area contributed by atoms with Gasteiger partial charge in [0, 0.05) is 19.1 Å². The van der Waals surface area contributed by atoms with Crippen molar-refractivity contribution in [3.63, 3.8) is 0 Å². The molecule has 2 heterocycles. The Morgan fingerprint density at radius 3 is 2.80 bits per heavy atom. The van der Waals surface area contributed by atoms with Crippen molar-refractivity contribution in [2.75, 3.05) is 27.2 Å². The Kier molecular flexibility index (Phi) is 3.39. The fraction of sp³-hybridized carbons (Fsp3) is 0.632. The number of rotatable bonds is 5. The van der Waals surface area contributed by atoms with Crippen molar-refractivity contribution in [2.45, 2.75) is 38.3 Å². The van der Waals surface area contributed by atoms with E-state index in [1.807, 2.05) is 0 Å². The molecule has 6 heteroatoms. The quantitative estimate of drug-likeness (QED) is 0.842. The van der Waals surface area contributed by atoms with Gasteiger partial charge in [0.15, 0.2) is 11.5 Å². The van der Waals surface area contributed by atoms with Crippen LogP contribution in [-0.2, 0) is 11.2 Å². The Bertz CT molecular complexity index is 827. The maximum atomic E-state index is 11.2. The molecule has 0 amide bonds. The van der Waals surface area contributed by atoms with Crippen LogP contribution in [-0.4, -0.2) is 54.4 Å². The van der Waals surface area contributed by atoms with Gasteiger partial charge in [-0.25, -0.2) is 0 Å². The fourth-order valence-electron chi connectivity index (χ4n) is 4.05. The van der Waals surface area contributed by atoms with Crippen molar-refractivity contribution in [3.05, 3.63) is 23.3 Å². The van der Waals surface area contributed by atoms with Crippen molar-refractivity contribution in [3.8, 4) is 11.5 Å². The largest absolute Gasteiger partial charge is 0.493 e. The summed E-state index contributed by atoms with van der Waals surface area (Å²) >= 11 is 0. The van der Waals surface area contributed by atoms with E-state index in [-0.39, 0.29) is 23.5 Å². The van der Waals surface area contributed by atoms with Crippen LogP contribution in [0.1, 0.15) is 45.2 Å². The first-order chi connectivity index (χ1) is 14.2. The van der Waals surface area contributed by atoms with E-state index >= 15 is 0 Å². The highest BCUT2D eigenvalue weighted by molar-refractivity contribution is 5.69. The molecule has 0 aromatic heterocycles. The lowest BCUT2D eigenvalue weighted by atomic mass is 9.79. The predicted molar refractivity (Wildman–Crippen MR) is 93.1 cm³/mol. The van der Waals surface area contributed by atoms with Crippen LogP contribution in [0.4, 0.5) is 0 Å². The van der Waals surface area contributed by atoms with Gasteiger partial charge < -0.3 is 19.7 Å². The van der Waals surface area contributed by atoms with E-state index < -0.39 is 32.1 Å². The van der Waals surface area contributed by atoms with Crippen molar-refractivity contribution < 1.29 is 32.7 Å². The summed E-state index contributed by atoms with van der Waals surface area (Å²) in [5.41, 5.74) is 1.56. The van der Waals surface area contributed by atoms with Crippen LogP contribution in [0.25, 0.3) is 0 Å². The first-order valence-electron chi connectivity index (χ1n) is 11.4. The zero-order chi connectivity index (χ0) is 23.1. The molecule has 0 bridgehead atoms. The second-order valence-electron chi connectivity index (χ2n) is 7.00. The molecule has 0 spiro atoms. The van der Waals surface area contributed by atoms with Gasteiger partial charge in [-0.15, -0.1) is 0 Å². The van der Waals surface area contributed by atoms with Gasteiger partial charge in [-0.3, -0.25) is 9.69 Å². The molecular weight excluding hydrogens is 322 g/mol. The van der Waals surface area contributed by atoms with E-state index in [1.54, 1.807) is 6.92 Å². The van der Waals surface area contributed by atoms with E-state index in [1.165, 1.54) is 12.1 Å². The Labute approximate surface area is 156 Å². The molecule has 6 nitrogen and oxygen atoms in total. The molecule has 0 aliphatic carbocycles. The van der Waals surface area contributed by atoms with Crippen LogP contribution < -0.4 is 9.47 Å². The predicted octanol–water partition coefficient (Wildman–Crippen LogP) is 2.09. The smallest absolute Gasteiger partial charge is 0.306 e. The lowest BCUT2D eigenvalue weighted by Gasteiger charge is -2.46. The van der Waals surface area contributed by atoms with Crippen molar-refractivity contribution in [1.82, 2.24) is 4.90 Å². The van der Waals surface area contributed by atoms with Crippen LogP contribution in [0.5, 0.6) is 11.5 Å². The lowest BCUT2D eigenvalue weighted by Crippen LogP contribution is -2.48. The van der Waals surface area contributed by atoms with Gasteiger partial charge in [0.05, 0.1) is 34.3 Å². The van der Waals surface area contributed by atoms with Crippen LogP contribution in [0.15, 0.2) is 12.1 Å². The van der Waals surface area contributed by atoms with Gasteiger partial charge in [-0.1, -0.05) is 6.92 Å². The molecule has 1 saturated heterocycles. The van der Waals surface area contributed by atoms with Crippen molar-refractivity contribution in [2.24, 2.45) is 11.8 Å². The first kappa shape index (κ1) is 11.8. The zero-order valence-corrected chi connectivity index (χ0v) is 14.1. The Hall–Kier alpha value is -1.79. The average Bonchev–Trinajstić information content (AvgIpc) is 2.60. The fourth-order valence-corrected chi connectivity index (χ4v) is 4.05. The summed E-state index contributed by atoms with van der Waals surface area (Å²) < 4.78 is 54.3. The number of nitrogens with zero attached hydrogens (tertiary/aromatic N) is 1. The van der Waals surface area contributed by atoms with E-state index in [0.717, 1.165) is 11.1 Å². The number of methoxy groups -OCH3 is 2. The van der Waals surface area contributed by atoms with Crippen LogP contribution in [0.2, 0.25) is 0 Å². The summed E-state index contributed by atoms with van der Waals surface area (Å²) in [6.07, 6.45) is 0.593. The summed E-state index contributed by atoms with van der Waals surface area (Å²) in [4.78, 5) is 13.4. The van der Waals surface area contributed by atoms with Crippen LogP contribution in [0, 0.1) is 11.8 Å². The number of piperidine rings is 1. The molecule has 25 heavy (non-hydrogen) atoms. The van der Waals surface area contributed by atoms with Gasteiger partial charge in [-0.2, -0.15) is 0 Å². The minimum atomic E-state index is -2.79. The molecule has 4 unspecified atom stereocenters. The molecular formula is C19H27NO5. The molecule has 2 aliphatic rings. The summed E-state index contributed by atoms with van der Waals surface area (Å²) in [5, 5.41) is 19.9. The van der Waals surface area contributed by atoms with Crippen molar-refractivity contribution >= 4 is 5.97 Å². The SMILES string of the molecule is [2H]C([2H])([2H])Oc1cc2c(cc1OC([2H])([2H])[2H])C1CC(O)C(CC(C)C(=O)O)CN1CC2. The molecule has 4 atom stereocenters. The number of fused-ring (bicyclic) bond motifs is 3. The van der Waals surface area contributed by atoms with E-state index in [0.29, 0.717) is 32.4 Å². The van der Waals surface area contributed by atoms with Gasteiger partial charge in [-0.05, 0) is 48.4 Å². The molecule has 1 aromatic rings. The number of ether oxygens (including phenoxy) is 2. The number of benzene rings is 1. The zero-order valence-electron chi connectivity index (χ0n) is 20.1. The standard InChI is InChI=1S/C19H27NO5/c1-11(19(22)23)6-13-10-20-5-4-12-7-17(24-2)18(25-3)8-14(12)15(20)9-16(13)21/h7-8,11,13,15-16,21H,4-6,9-10H2,1-3H3,(H,22,23)/i2D3,3D3. The van der Waals surface area contributed by atoms with Gasteiger partial charge in [0.2, 0.25) is 0 Å². The van der Waals surface area contributed by atoms with Gasteiger partial charge in [0.25, 0.3) is 0 Å². The second-order valence-corrected chi connectivity index (χ2v) is 7.00. The Morgan fingerprint density at radius 1 is 1.40 bits per heavy atom. The molecule has 2 aliphatic heterocycles. The van der Waals surface area contributed by atoms with Crippen LogP contribution >= 0.6 is 0 Å². The number of carbonyl (C=O) groups is 1. The van der Waals surface area contributed by atoms with Gasteiger partial charge >= 0.3 is 5.97 Å². The molecule has 2 N–H and O–H groups in total. The highest BCUT2D eigenvalue weighted by atomic mass is 16.5. The van der Waals surface area contributed by atoms with E-state index in [2.05, 4.69) is 4.90 Å². The maximum absolute atomic E-state index is 11.2. The third-order valence-electron chi connectivity index (χ3n) is 5.45. The summed E-state index contributed by atoms with van der Waals surface area (Å²) in [6, 6.07) is 2.79. The number of carboxylic acids is 1. The van der Waals surface area contributed by atoms with Gasteiger partial charge in [0.1, 0.15) is 0 Å². The summed E-state index contributed by atoms with van der Waals surface area (Å²) in [6.45, 7) is 2.79. The highest BCUT2D eigenvalue weighted by Crippen LogP contribution is 2.43. The van der Waals surface area contributed by atoms with Crippen molar-refractivity contribution in [1.29, 1.82) is 0 Å². The molecule has 0 saturated carbocycles. The molecule has 1 fully saturated rings. The summed E-state index contributed by atoms with van der Waals surface area (Å²) in [5.74, 6) is -1.99. The number of aliphatic hydroxyl groups excluding tert-OH is 1. The number of hydrogen-bond acceptors (Lipinski definition) is 5. The molecule has 3 rings (SSSR count). The number of hydrogen-bond donors (Lipinski definition) is 2. The minimum Gasteiger partial charge on any atom is -0.493 e. The number of carboxylic acid groups (broad SMARTS) is 1. The molecule has 138 valence electrons. The topological polar surface area (TPSA) is 79.2 Å². The monoisotopic (exact) mass is 355 g/mol. The lowest BCUT2D eigenvalue weighted by molar-refractivity contribution is -0.142. The Balaban J connectivity index is 1.90. The third kappa shape index (κ3) is 3.46. The number of aliphatic carboxylic acids is 1. The highest BCUT2D eigenvalue weighted by Gasteiger charge is 2.39. The average molecular weight is 355 g/mol. The maximum Gasteiger partial charge on any atom is 0.306 e. The van der Waals surface area contributed by atoms with E-state index in [4.69, 9.17) is 17.7 Å². The minimum absolute atomic E-state index is 0.159. The Morgan fingerprint density at radius 2 is 2.12 bits per heavy atom. The second kappa shape index (κ2) is 7.22.